The minimum absolute atomic E-state index is 0.581. The zero-order valence-electron chi connectivity index (χ0n) is 14.6. The second kappa shape index (κ2) is 7.11. The molecule has 0 unspecified atom stereocenters. The molecule has 0 amide bonds. The third-order valence-electron chi connectivity index (χ3n) is 5.83. The van der Waals surface area contributed by atoms with Crippen LogP contribution in [0.3, 0.4) is 0 Å². The molecule has 1 aliphatic carbocycles. The summed E-state index contributed by atoms with van der Waals surface area (Å²) in [5, 5.41) is 11.0. The Kier molecular flexibility index (Phi) is 4.69. The fourth-order valence-electron chi connectivity index (χ4n) is 4.27. The lowest BCUT2D eigenvalue weighted by molar-refractivity contribution is -0.0271. The topological polar surface area (TPSA) is 36.4 Å². The van der Waals surface area contributed by atoms with Gasteiger partial charge in [0.1, 0.15) is 5.60 Å². The highest BCUT2D eigenvalue weighted by Crippen LogP contribution is 2.38. The highest BCUT2D eigenvalue weighted by atomic mass is 16.3. The van der Waals surface area contributed by atoms with Gasteiger partial charge in [-0.2, -0.15) is 0 Å². The van der Waals surface area contributed by atoms with E-state index in [1.54, 1.807) is 6.20 Å². The predicted molar refractivity (Wildman–Crippen MR) is 101 cm³/mol. The molecule has 1 aromatic carbocycles. The van der Waals surface area contributed by atoms with E-state index in [4.69, 9.17) is 0 Å². The maximum absolute atomic E-state index is 11.0. The first-order valence-corrected chi connectivity index (χ1v) is 9.37. The monoisotopic (exact) mass is 334 g/mol. The van der Waals surface area contributed by atoms with Gasteiger partial charge in [-0.15, -0.1) is 0 Å². The summed E-state index contributed by atoms with van der Waals surface area (Å²) in [5.74, 6) is 0. The van der Waals surface area contributed by atoms with E-state index in [-0.39, 0.29) is 0 Å². The van der Waals surface area contributed by atoms with Crippen molar-refractivity contribution in [2.75, 3.05) is 13.1 Å². The Bertz CT molecular complexity index is 718. The Labute approximate surface area is 150 Å². The van der Waals surface area contributed by atoms with Crippen LogP contribution >= 0.6 is 0 Å². The molecule has 3 nitrogen and oxygen atoms in total. The normalized spacial score (nSPS) is 27.7. The molecule has 1 N–H and O–H groups in total. The van der Waals surface area contributed by atoms with Gasteiger partial charge in [0, 0.05) is 25.3 Å². The molecule has 0 radical (unpaired) electrons. The molecular weight excluding hydrogens is 308 g/mol. The van der Waals surface area contributed by atoms with Crippen LogP contribution in [0.15, 0.2) is 60.8 Å². The molecule has 1 saturated carbocycles. The molecule has 0 bridgehead atoms. The van der Waals surface area contributed by atoms with Gasteiger partial charge in [-0.25, -0.2) is 0 Å². The van der Waals surface area contributed by atoms with Crippen molar-refractivity contribution in [1.82, 2.24) is 9.88 Å². The van der Waals surface area contributed by atoms with Crippen molar-refractivity contribution in [2.24, 2.45) is 0 Å². The van der Waals surface area contributed by atoms with Crippen molar-refractivity contribution in [1.29, 1.82) is 0 Å². The summed E-state index contributed by atoms with van der Waals surface area (Å²) in [5.41, 5.74) is 2.92. The number of rotatable bonds is 3. The summed E-state index contributed by atoms with van der Waals surface area (Å²) < 4.78 is 0. The van der Waals surface area contributed by atoms with Gasteiger partial charge in [0.15, 0.2) is 0 Å². The minimum atomic E-state index is -0.738. The van der Waals surface area contributed by atoms with E-state index in [9.17, 15) is 5.11 Å². The smallest absolute Gasteiger partial charge is 0.107 e. The van der Waals surface area contributed by atoms with Crippen LogP contribution in [-0.2, 0) is 5.60 Å². The molecule has 0 saturated heterocycles. The van der Waals surface area contributed by atoms with Gasteiger partial charge in [0.2, 0.25) is 0 Å². The molecular formula is C22H26N2O. The molecule has 3 heteroatoms. The zero-order valence-corrected chi connectivity index (χ0v) is 14.6. The number of hydrogen-bond donors (Lipinski definition) is 1. The first kappa shape index (κ1) is 16.5. The van der Waals surface area contributed by atoms with Gasteiger partial charge in [0.25, 0.3) is 0 Å². The van der Waals surface area contributed by atoms with Gasteiger partial charge in [-0.1, -0.05) is 42.5 Å². The van der Waals surface area contributed by atoms with Crippen LogP contribution in [-0.4, -0.2) is 34.1 Å². The Balaban J connectivity index is 1.37. The Morgan fingerprint density at radius 3 is 2.40 bits per heavy atom. The predicted octanol–water partition coefficient (Wildman–Crippen LogP) is 4.00. The highest BCUT2D eigenvalue weighted by molar-refractivity contribution is 5.66. The second-order valence-corrected chi connectivity index (χ2v) is 7.32. The van der Waals surface area contributed by atoms with Crippen LogP contribution in [0.2, 0.25) is 0 Å². The summed E-state index contributed by atoms with van der Waals surface area (Å²) in [4.78, 5) is 6.97. The molecule has 1 fully saturated rings. The number of nitrogens with zero attached hydrogens (tertiary/aromatic N) is 2. The van der Waals surface area contributed by atoms with Gasteiger partial charge in [-0.05, 0) is 55.4 Å². The summed E-state index contributed by atoms with van der Waals surface area (Å²) in [6, 6.07) is 17.1. The van der Waals surface area contributed by atoms with Crippen molar-refractivity contribution in [2.45, 2.75) is 43.7 Å². The van der Waals surface area contributed by atoms with E-state index < -0.39 is 5.60 Å². The molecule has 25 heavy (non-hydrogen) atoms. The lowest BCUT2D eigenvalue weighted by Crippen LogP contribution is -2.44. The van der Waals surface area contributed by atoms with Gasteiger partial charge >= 0.3 is 0 Å². The summed E-state index contributed by atoms with van der Waals surface area (Å²) in [6.07, 6.45) is 8.98. The van der Waals surface area contributed by atoms with Gasteiger partial charge in [0.05, 0.1) is 5.69 Å². The highest BCUT2D eigenvalue weighted by Gasteiger charge is 2.37. The van der Waals surface area contributed by atoms with E-state index in [1.807, 2.05) is 18.2 Å². The molecule has 130 valence electrons. The van der Waals surface area contributed by atoms with Crippen LogP contribution in [0.25, 0.3) is 5.57 Å². The van der Waals surface area contributed by atoms with Crippen molar-refractivity contribution in [3.63, 3.8) is 0 Å². The summed E-state index contributed by atoms with van der Waals surface area (Å²) in [7, 11) is 0. The van der Waals surface area contributed by atoms with E-state index >= 15 is 0 Å². The Morgan fingerprint density at radius 2 is 1.76 bits per heavy atom. The molecule has 4 rings (SSSR count). The van der Waals surface area contributed by atoms with E-state index in [0.29, 0.717) is 6.04 Å². The number of hydrogen-bond acceptors (Lipinski definition) is 3. The van der Waals surface area contributed by atoms with Crippen LogP contribution < -0.4 is 0 Å². The molecule has 1 aromatic heterocycles. The van der Waals surface area contributed by atoms with E-state index in [0.717, 1.165) is 50.9 Å². The largest absolute Gasteiger partial charge is 0.384 e. The van der Waals surface area contributed by atoms with Crippen molar-refractivity contribution in [3.8, 4) is 0 Å². The SMILES string of the molecule is OC1(c2ccccn2)CCC(N2CC=C(c3ccccc3)CC2)CC1. The number of aliphatic hydroxyl groups is 1. The van der Waals surface area contributed by atoms with Crippen molar-refractivity contribution < 1.29 is 5.11 Å². The van der Waals surface area contributed by atoms with Crippen LogP contribution in [0.1, 0.15) is 43.4 Å². The molecule has 0 spiro atoms. The molecule has 0 atom stereocenters. The Hall–Kier alpha value is -1.97. The minimum Gasteiger partial charge on any atom is -0.384 e. The lowest BCUT2D eigenvalue weighted by atomic mass is 9.79. The van der Waals surface area contributed by atoms with E-state index in [2.05, 4.69) is 46.3 Å². The van der Waals surface area contributed by atoms with Gasteiger partial charge < -0.3 is 5.11 Å². The third kappa shape index (κ3) is 3.53. The summed E-state index contributed by atoms with van der Waals surface area (Å²) in [6.45, 7) is 2.14. The number of pyridine rings is 1. The van der Waals surface area contributed by atoms with E-state index in [1.165, 1.54) is 11.1 Å². The average Bonchev–Trinajstić information content (AvgIpc) is 2.70. The fourth-order valence-corrected chi connectivity index (χ4v) is 4.27. The van der Waals surface area contributed by atoms with Crippen molar-refractivity contribution >= 4 is 5.57 Å². The van der Waals surface area contributed by atoms with Crippen LogP contribution in [0.4, 0.5) is 0 Å². The molecule has 1 aliphatic heterocycles. The number of benzene rings is 1. The fraction of sp³-hybridized carbons (Fsp3) is 0.409. The molecule has 2 aromatic rings. The molecule has 2 aliphatic rings. The second-order valence-electron chi connectivity index (χ2n) is 7.32. The van der Waals surface area contributed by atoms with Crippen molar-refractivity contribution in [3.05, 3.63) is 72.1 Å². The summed E-state index contributed by atoms with van der Waals surface area (Å²) >= 11 is 0. The van der Waals surface area contributed by atoms with Gasteiger partial charge in [-0.3, -0.25) is 9.88 Å². The first-order valence-electron chi connectivity index (χ1n) is 9.37. The average molecular weight is 334 g/mol. The standard InChI is InChI=1S/C22H26N2O/c25-22(21-8-4-5-15-23-21)13-9-20(10-14-22)24-16-11-19(12-17-24)18-6-2-1-3-7-18/h1-8,11,15,20,25H,9-10,12-14,16-17H2. The van der Waals surface area contributed by atoms with Crippen LogP contribution in [0.5, 0.6) is 0 Å². The first-order chi connectivity index (χ1) is 12.2. The maximum Gasteiger partial charge on any atom is 0.107 e. The van der Waals surface area contributed by atoms with Crippen LogP contribution in [0, 0.1) is 0 Å². The number of aromatic nitrogens is 1. The Morgan fingerprint density at radius 1 is 1.00 bits per heavy atom. The molecule has 2 heterocycles. The zero-order chi connectivity index (χ0) is 17.1. The maximum atomic E-state index is 11.0. The lowest BCUT2D eigenvalue weighted by Gasteiger charge is -2.41. The quantitative estimate of drug-likeness (QED) is 0.921. The third-order valence-corrected chi connectivity index (χ3v) is 5.83.